The average Bonchev–Trinajstić information content (AvgIpc) is 2.63. The van der Waals surface area contributed by atoms with Crippen molar-refractivity contribution in [1.29, 1.82) is 0 Å². The molecule has 4 nitrogen and oxygen atoms in total. The van der Waals surface area contributed by atoms with Gasteiger partial charge in [0, 0.05) is 15.1 Å². The van der Waals surface area contributed by atoms with Crippen molar-refractivity contribution in [2.45, 2.75) is 19.4 Å². The first-order chi connectivity index (χ1) is 7.86. The highest BCUT2D eigenvalue weighted by molar-refractivity contribution is 9.10. The average molecular weight is 317 g/mol. The van der Waals surface area contributed by atoms with Gasteiger partial charge >= 0.3 is 0 Å². The van der Waals surface area contributed by atoms with Gasteiger partial charge in [-0.25, -0.2) is 0 Å². The van der Waals surface area contributed by atoms with Crippen molar-refractivity contribution < 1.29 is 4.52 Å². The molecule has 0 atom stereocenters. The van der Waals surface area contributed by atoms with Crippen LogP contribution in [0.5, 0.6) is 0 Å². The summed E-state index contributed by atoms with van der Waals surface area (Å²) in [4.78, 5) is 4.25. The minimum atomic E-state index is -0.627. The monoisotopic (exact) mass is 315 g/mol. The molecule has 0 spiro atoms. The van der Waals surface area contributed by atoms with Gasteiger partial charge in [-0.1, -0.05) is 32.7 Å². The lowest BCUT2D eigenvalue weighted by atomic mass is 10.1. The molecule has 2 N–H and O–H groups in total. The Bertz CT molecular complexity index is 528. The van der Waals surface area contributed by atoms with Crippen molar-refractivity contribution in [2.24, 2.45) is 5.73 Å². The molecule has 2 aromatic rings. The summed E-state index contributed by atoms with van der Waals surface area (Å²) >= 11 is 9.31. The Labute approximate surface area is 112 Å². The Balaban J connectivity index is 2.44. The number of benzene rings is 1. The van der Waals surface area contributed by atoms with Gasteiger partial charge in [0.15, 0.2) is 5.82 Å². The van der Waals surface area contributed by atoms with E-state index in [-0.39, 0.29) is 0 Å². The van der Waals surface area contributed by atoms with Gasteiger partial charge < -0.3 is 10.3 Å². The number of nitrogens with two attached hydrogens (primary N) is 1. The van der Waals surface area contributed by atoms with Crippen LogP contribution in [0.25, 0.3) is 11.5 Å². The van der Waals surface area contributed by atoms with Crippen molar-refractivity contribution in [3.63, 3.8) is 0 Å². The van der Waals surface area contributed by atoms with Crippen LogP contribution >= 0.6 is 27.5 Å². The summed E-state index contributed by atoms with van der Waals surface area (Å²) < 4.78 is 6.02. The highest BCUT2D eigenvalue weighted by Gasteiger charge is 2.22. The van der Waals surface area contributed by atoms with E-state index in [1.165, 1.54) is 0 Å². The van der Waals surface area contributed by atoms with E-state index in [1.54, 1.807) is 12.1 Å². The Morgan fingerprint density at radius 3 is 2.59 bits per heavy atom. The van der Waals surface area contributed by atoms with E-state index >= 15 is 0 Å². The smallest absolute Gasteiger partial charge is 0.258 e. The second-order valence-corrected chi connectivity index (χ2v) is 5.66. The third kappa shape index (κ3) is 2.86. The first-order valence-corrected chi connectivity index (χ1v) is 6.13. The molecule has 17 heavy (non-hydrogen) atoms. The molecule has 0 saturated heterocycles. The topological polar surface area (TPSA) is 64.9 Å². The van der Waals surface area contributed by atoms with E-state index in [0.717, 1.165) is 10.0 Å². The van der Waals surface area contributed by atoms with E-state index < -0.39 is 5.54 Å². The SMILES string of the molecule is CC(C)(N)c1noc(-c2cc(Cl)cc(Br)c2)n1. The van der Waals surface area contributed by atoms with E-state index in [0.29, 0.717) is 16.7 Å². The fourth-order valence-electron chi connectivity index (χ4n) is 1.28. The largest absolute Gasteiger partial charge is 0.334 e. The zero-order valence-corrected chi connectivity index (χ0v) is 11.7. The van der Waals surface area contributed by atoms with Crippen LogP contribution in [-0.2, 0) is 5.54 Å². The Morgan fingerprint density at radius 1 is 1.35 bits per heavy atom. The lowest BCUT2D eigenvalue weighted by Crippen LogP contribution is -2.30. The molecule has 90 valence electrons. The van der Waals surface area contributed by atoms with Crippen LogP contribution in [0.4, 0.5) is 0 Å². The Hall–Kier alpha value is -0.910. The molecule has 1 heterocycles. The van der Waals surface area contributed by atoms with Gasteiger partial charge in [0.2, 0.25) is 0 Å². The summed E-state index contributed by atoms with van der Waals surface area (Å²) in [5, 5.41) is 4.45. The molecule has 0 amide bonds. The predicted molar refractivity (Wildman–Crippen MR) is 69.7 cm³/mol. The first kappa shape index (κ1) is 12.5. The van der Waals surface area contributed by atoms with Crippen LogP contribution in [0, 0.1) is 0 Å². The fourth-order valence-corrected chi connectivity index (χ4v) is 2.14. The molecule has 6 heteroatoms. The maximum atomic E-state index is 5.95. The summed E-state index contributed by atoms with van der Waals surface area (Å²) in [7, 11) is 0. The van der Waals surface area contributed by atoms with Crippen LogP contribution in [0.1, 0.15) is 19.7 Å². The van der Waals surface area contributed by atoms with Crippen molar-refractivity contribution in [1.82, 2.24) is 10.1 Å². The fraction of sp³-hybridized carbons (Fsp3) is 0.273. The zero-order chi connectivity index (χ0) is 12.6. The predicted octanol–water partition coefficient (Wildman–Crippen LogP) is 3.35. The number of rotatable bonds is 2. The quantitative estimate of drug-likeness (QED) is 0.923. The lowest BCUT2D eigenvalue weighted by molar-refractivity contribution is 0.397. The van der Waals surface area contributed by atoms with Gasteiger partial charge in [-0.15, -0.1) is 0 Å². The molecule has 0 radical (unpaired) electrons. The highest BCUT2D eigenvalue weighted by Crippen LogP contribution is 2.27. The van der Waals surface area contributed by atoms with Crippen molar-refractivity contribution >= 4 is 27.5 Å². The van der Waals surface area contributed by atoms with Crippen molar-refractivity contribution in [2.75, 3.05) is 0 Å². The van der Waals surface area contributed by atoms with Crippen molar-refractivity contribution in [3.8, 4) is 11.5 Å². The lowest BCUT2D eigenvalue weighted by Gasteiger charge is -2.11. The van der Waals surface area contributed by atoms with Gasteiger partial charge in [0.25, 0.3) is 5.89 Å². The van der Waals surface area contributed by atoms with E-state index in [9.17, 15) is 0 Å². The maximum absolute atomic E-state index is 5.95. The maximum Gasteiger partial charge on any atom is 0.258 e. The molecule has 0 bridgehead atoms. The molecule has 0 aliphatic carbocycles. The van der Waals surface area contributed by atoms with Crippen LogP contribution in [0.3, 0.4) is 0 Å². The summed E-state index contributed by atoms with van der Waals surface area (Å²) in [6.45, 7) is 3.63. The number of halogens is 2. The number of hydrogen-bond acceptors (Lipinski definition) is 4. The van der Waals surface area contributed by atoms with E-state index in [4.69, 9.17) is 21.9 Å². The minimum Gasteiger partial charge on any atom is -0.334 e. The second-order valence-electron chi connectivity index (χ2n) is 4.30. The molecular weight excluding hydrogens is 305 g/mol. The van der Waals surface area contributed by atoms with Crippen LogP contribution in [0.15, 0.2) is 27.2 Å². The first-order valence-electron chi connectivity index (χ1n) is 4.96. The molecule has 1 aromatic carbocycles. The van der Waals surface area contributed by atoms with Crippen LogP contribution < -0.4 is 5.73 Å². The third-order valence-electron chi connectivity index (χ3n) is 2.11. The van der Waals surface area contributed by atoms with Crippen molar-refractivity contribution in [3.05, 3.63) is 33.5 Å². The van der Waals surface area contributed by atoms with Gasteiger partial charge in [0.05, 0.1) is 5.54 Å². The zero-order valence-electron chi connectivity index (χ0n) is 9.37. The van der Waals surface area contributed by atoms with E-state index in [2.05, 4.69) is 26.1 Å². The standard InChI is InChI=1S/C11H11BrClN3O/c1-11(2,14)10-15-9(17-16-10)6-3-7(12)5-8(13)4-6/h3-5H,14H2,1-2H3. The molecule has 1 aromatic heterocycles. The second kappa shape index (κ2) is 4.40. The highest BCUT2D eigenvalue weighted by atomic mass is 79.9. The summed E-state index contributed by atoms with van der Waals surface area (Å²) in [5.74, 6) is 0.866. The van der Waals surface area contributed by atoms with E-state index in [1.807, 2.05) is 19.9 Å². The Kier molecular flexibility index (Phi) is 3.25. The molecule has 0 saturated carbocycles. The summed E-state index contributed by atoms with van der Waals surface area (Å²) in [5.41, 5.74) is 6.02. The minimum absolute atomic E-state index is 0.404. The molecular formula is C11H11BrClN3O. The summed E-state index contributed by atoms with van der Waals surface area (Å²) in [6.07, 6.45) is 0. The third-order valence-corrected chi connectivity index (χ3v) is 2.79. The van der Waals surface area contributed by atoms with Gasteiger partial charge in [-0.3, -0.25) is 0 Å². The molecule has 0 aliphatic heterocycles. The van der Waals surface area contributed by atoms with Gasteiger partial charge in [0.1, 0.15) is 0 Å². The molecule has 0 aliphatic rings. The summed E-state index contributed by atoms with van der Waals surface area (Å²) in [6, 6.07) is 5.40. The molecule has 2 rings (SSSR count). The molecule has 0 unspecified atom stereocenters. The Morgan fingerprint density at radius 2 is 2.06 bits per heavy atom. The number of hydrogen-bond donors (Lipinski definition) is 1. The van der Waals surface area contributed by atoms with Crippen LogP contribution in [-0.4, -0.2) is 10.1 Å². The van der Waals surface area contributed by atoms with Gasteiger partial charge in [-0.05, 0) is 32.0 Å². The number of aromatic nitrogens is 2. The van der Waals surface area contributed by atoms with Gasteiger partial charge in [-0.2, -0.15) is 4.98 Å². The number of nitrogens with zero attached hydrogens (tertiary/aromatic N) is 2. The van der Waals surface area contributed by atoms with Crippen LogP contribution in [0.2, 0.25) is 5.02 Å². The molecule has 0 fully saturated rings. The normalized spacial score (nSPS) is 11.8.